The zero-order valence-electron chi connectivity index (χ0n) is 10.6. The van der Waals surface area contributed by atoms with E-state index >= 15 is 0 Å². The van der Waals surface area contributed by atoms with Crippen molar-refractivity contribution < 1.29 is 14.7 Å². The molecule has 0 aliphatic carbocycles. The molecule has 1 amide bonds. The van der Waals surface area contributed by atoms with Crippen molar-refractivity contribution in [1.29, 1.82) is 0 Å². The molecule has 0 aliphatic heterocycles. The largest absolute Gasteiger partial charge is 0.480 e. The summed E-state index contributed by atoms with van der Waals surface area (Å²) >= 11 is 0. The van der Waals surface area contributed by atoms with Crippen LogP contribution in [0.5, 0.6) is 0 Å². The Labute approximate surface area is 106 Å². The summed E-state index contributed by atoms with van der Waals surface area (Å²) in [4.78, 5) is 22.0. The highest BCUT2D eigenvalue weighted by Crippen LogP contribution is 2.02. The van der Waals surface area contributed by atoms with Crippen LogP contribution in [0.3, 0.4) is 0 Å². The molecule has 0 saturated carbocycles. The zero-order valence-corrected chi connectivity index (χ0v) is 10.6. The van der Waals surface area contributed by atoms with Crippen molar-refractivity contribution in [2.45, 2.75) is 26.4 Å². The molecule has 1 aromatic rings. The van der Waals surface area contributed by atoms with E-state index in [1.165, 1.54) is 12.5 Å². The predicted octanol–water partition coefficient (Wildman–Crippen LogP) is 0.674. The second kappa shape index (κ2) is 6.76. The molecular weight excluding hydrogens is 232 g/mol. The van der Waals surface area contributed by atoms with Crippen molar-refractivity contribution in [3.63, 3.8) is 0 Å². The second-order valence-corrected chi connectivity index (χ2v) is 4.20. The number of carboxylic acids is 1. The van der Waals surface area contributed by atoms with Crippen LogP contribution in [0.1, 0.15) is 18.1 Å². The number of hydrogen-bond donors (Lipinski definition) is 3. The Kier molecular flexibility index (Phi) is 5.32. The molecule has 0 fully saturated rings. The van der Waals surface area contributed by atoms with Gasteiger partial charge in [-0.25, -0.2) is 0 Å². The van der Waals surface area contributed by atoms with Crippen molar-refractivity contribution >= 4 is 11.9 Å². The summed E-state index contributed by atoms with van der Waals surface area (Å²) in [5.74, 6) is -1.19. The summed E-state index contributed by atoms with van der Waals surface area (Å²) < 4.78 is 0. The number of carbonyl (C=O) groups is 2. The first kappa shape index (κ1) is 14.2. The molecule has 1 rings (SSSR count). The van der Waals surface area contributed by atoms with Gasteiger partial charge in [-0.05, 0) is 19.4 Å². The lowest BCUT2D eigenvalue weighted by molar-refractivity contribution is -0.139. The number of carboxylic acid groups (broad SMARTS) is 1. The monoisotopic (exact) mass is 250 g/mol. The van der Waals surface area contributed by atoms with Crippen molar-refractivity contribution in [3.05, 3.63) is 35.4 Å². The van der Waals surface area contributed by atoms with Gasteiger partial charge in [-0.15, -0.1) is 0 Å². The fraction of sp³-hybridized carbons (Fsp3) is 0.385. The van der Waals surface area contributed by atoms with Crippen LogP contribution in [-0.2, 0) is 16.1 Å². The van der Waals surface area contributed by atoms with Crippen LogP contribution in [0.2, 0.25) is 0 Å². The number of nitrogens with one attached hydrogen (secondary N) is 2. The molecule has 0 aromatic heterocycles. The van der Waals surface area contributed by atoms with Crippen LogP contribution in [0.4, 0.5) is 0 Å². The first-order valence-electron chi connectivity index (χ1n) is 5.77. The normalized spacial score (nSPS) is 11.9. The van der Waals surface area contributed by atoms with E-state index in [4.69, 9.17) is 5.11 Å². The quantitative estimate of drug-likeness (QED) is 0.693. The maximum atomic E-state index is 11.4. The third-order valence-corrected chi connectivity index (χ3v) is 2.55. The summed E-state index contributed by atoms with van der Waals surface area (Å²) in [5, 5.41) is 14.0. The van der Waals surface area contributed by atoms with E-state index in [2.05, 4.69) is 10.6 Å². The minimum Gasteiger partial charge on any atom is -0.480 e. The molecule has 1 unspecified atom stereocenters. The summed E-state index contributed by atoms with van der Waals surface area (Å²) in [6, 6.07) is 7.12. The molecule has 0 bridgehead atoms. The maximum absolute atomic E-state index is 11.4. The van der Waals surface area contributed by atoms with Crippen LogP contribution in [-0.4, -0.2) is 29.6 Å². The van der Waals surface area contributed by atoms with Crippen LogP contribution >= 0.6 is 0 Å². The zero-order chi connectivity index (χ0) is 13.5. The fourth-order valence-corrected chi connectivity index (χ4v) is 1.30. The number of hydrogen-bond acceptors (Lipinski definition) is 3. The number of carbonyl (C=O) groups excluding carboxylic acids is 1. The first-order valence-corrected chi connectivity index (χ1v) is 5.77. The van der Waals surface area contributed by atoms with Crippen LogP contribution in [0, 0.1) is 6.92 Å². The van der Waals surface area contributed by atoms with Gasteiger partial charge >= 0.3 is 5.97 Å². The Balaban J connectivity index is 2.29. The minimum atomic E-state index is -0.971. The lowest BCUT2D eigenvalue weighted by Gasteiger charge is -2.09. The van der Waals surface area contributed by atoms with Gasteiger partial charge in [0.1, 0.15) is 6.04 Å². The number of benzene rings is 1. The van der Waals surface area contributed by atoms with Crippen molar-refractivity contribution in [2.24, 2.45) is 0 Å². The SMILES string of the molecule is Cc1ccc(CNC(=O)CNC(C)C(=O)O)cc1. The van der Waals surface area contributed by atoms with E-state index in [-0.39, 0.29) is 12.5 Å². The van der Waals surface area contributed by atoms with Gasteiger partial charge in [0, 0.05) is 6.54 Å². The van der Waals surface area contributed by atoms with Gasteiger partial charge in [0.2, 0.25) is 5.91 Å². The molecule has 0 aliphatic rings. The van der Waals surface area contributed by atoms with E-state index in [9.17, 15) is 9.59 Å². The minimum absolute atomic E-state index is 0.000667. The van der Waals surface area contributed by atoms with Gasteiger partial charge in [0.05, 0.1) is 6.54 Å². The Morgan fingerprint density at radius 1 is 1.28 bits per heavy atom. The Hall–Kier alpha value is -1.88. The van der Waals surface area contributed by atoms with Gasteiger partial charge < -0.3 is 10.4 Å². The average Bonchev–Trinajstić information content (AvgIpc) is 2.35. The smallest absolute Gasteiger partial charge is 0.320 e. The molecular formula is C13H18N2O3. The number of amides is 1. The Bertz CT molecular complexity index is 415. The fourth-order valence-electron chi connectivity index (χ4n) is 1.30. The molecule has 0 spiro atoms. The summed E-state index contributed by atoms with van der Waals surface area (Å²) in [6.07, 6.45) is 0. The van der Waals surface area contributed by atoms with E-state index in [0.717, 1.165) is 5.56 Å². The molecule has 5 heteroatoms. The number of aliphatic carboxylic acids is 1. The topological polar surface area (TPSA) is 78.4 Å². The second-order valence-electron chi connectivity index (χ2n) is 4.20. The molecule has 1 atom stereocenters. The highest BCUT2D eigenvalue weighted by molar-refractivity contribution is 5.79. The first-order chi connectivity index (χ1) is 8.49. The summed E-state index contributed by atoms with van der Waals surface area (Å²) in [6.45, 7) is 3.94. The predicted molar refractivity (Wildman–Crippen MR) is 68.1 cm³/mol. The van der Waals surface area contributed by atoms with Crippen LogP contribution in [0.15, 0.2) is 24.3 Å². The van der Waals surface area contributed by atoms with Crippen LogP contribution in [0.25, 0.3) is 0 Å². The van der Waals surface area contributed by atoms with E-state index in [1.807, 2.05) is 31.2 Å². The van der Waals surface area contributed by atoms with Gasteiger partial charge in [0.25, 0.3) is 0 Å². The third-order valence-electron chi connectivity index (χ3n) is 2.55. The highest BCUT2D eigenvalue weighted by Gasteiger charge is 2.11. The van der Waals surface area contributed by atoms with Gasteiger partial charge in [0.15, 0.2) is 0 Å². The maximum Gasteiger partial charge on any atom is 0.320 e. The molecule has 0 radical (unpaired) electrons. The van der Waals surface area contributed by atoms with E-state index < -0.39 is 12.0 Å². The lowest BCUT2D eigenvalue weighted by Crippen LogP contribution is -2.41. The molecule has 5 nitrogen and oxygen atoms in total. The molecule has 98 valence electrons. The lowest BCUT2D eigenvalue weighted by atomic mass is 10.1. The Morgan fingerprint density at radius 2 is 1.89 bits per heavy atom. The number of aryl methyl sites for hydroxylation is 1. The molecule has 1 aromatic carbocycles. The molecule has 0 heterocycles. The van der Waals surface area contributed by atoms with Gasteiger partial charge in [-0.2, -0.15) is 0 Å². The van der Waals surface area contributed by atoms with E-state index in [1.54, 1.807) is 0 Å². The number of rotatable bonds is 6. The van der Waals surface area contributed by atoms with Gasteiger partial charge in [-0.3, -0.25) is 14.9 Å². The average molecular weight is 250 g/mol. The van der Waals surface area contributed by atoms with Crippen LogP contribution < -0.4 is 10.6 Å². The Morgan fingerprint density at radius 3 is 2.44 bits per heavy atom. The molecule has 18 heavy (non-hydrogen) atoms. The van der Waals surface area contributed by atoms with Crippen molar-refractivity contribution in [3.8, 4) is 0 Å². The van der Waals surface area contributed by atoms with Crippen molar-refractivity contribution in [1.82, 2.24) is 10.6 Å². The summed E-state index contributed by atoms with van der Waals surface area (Å²) in [7, 11) is 0. The molecule has 0 saturated heterocycles. The van der Waals surface area contributed by atoms with Crippen molar-refractivity contribution in [2.75, 3.05) is 6.54 Å². The third kappa shape index (κ3) is 4.97. The standard InChI is InChI=1S/C13H18N2O3/c1-9-3-5-11(6-4-9)7-15-12(16)8-14-10(2)13(17)18/h3-6,10,14H,7-8H2,1-2H3,(H,15,16)(H,17,18). The molecule has 3 N–H and O–H groups in total. The van der Waals surface area contributed by atoms with Gasteiger partial charge in [-0.1, -0.05) is 29.8 Å². The van der Waals surface area contributed by atoms with E-state index in [0.29, 0.717) is 6.54 Å². The highest BCUT2D eigenvalue weighted by atomic mass is 16.4. The summed E-state index contributed by atoms with van der Waals surface area (Å²) in [5.41, 5.74) is 2.18.